The van der Waals surface area contributed by atoms with E-state index in [0.29, 0.717) is 11.3 Å². The Bertz CT molecular complexity index is 1240. The predicted octanol–water partition coefficient (Wildman–Crippen LogP) is 3.83. The van der Waals surface area contributed by atoms with E-state index in [1.165, 1.54) is 6.92 Å². The third-order valence-corrected chi connectivity index (χ3v) is 5.91. The lowest BCUT2D eigenvalue weighted by atomic mass is 10.1. The van der Waals surface area contributed by atoms with Crippen LogP contribution in [0, 0.1) is 20.8 Å². The van der Waals surface area contributed by atoms with Crippen LogP contribution in [0.5, 0.6) is 0 Å². The van der Waals surface area contributed by atoms with Gasteiger partial charge in [-0.1, -0.05) is 35.5 Å². The first-order valence-corrected chi connectivity index (χ1v) is 10.9. The zero-order valence-corrected chi connectivity index (χ0v) is 19.4. The molecule has 3 rings (SSSR count). The molecular formula is C23H25N5O3S. The Morgan fingerprint density at radius 1 is 1.03 bits per heavy atom. The van der Waals surface area contributed by atoms with Gasteiger partial charge in [-0.3, -0.25) is 19.4 Å². The van der Waals surface area contributed by atoms with Gasteiger partial charge < -0.3 is 10.6 Å². The highest BCUT2D eigenvalue weighted by molar-refractivity contribution is 8.00. The number of rotatable bonds is 6. The van der Waals surface area contributed by atoms with Gasteiger partial charge in [-0.2, -0.15) is 0 Å². The highest BCUT2D eigenvalue weighted by Gasteiger charge is 2.19. The Balaban J connectivity index is 1.79. The molecule has 0 radical (unpaired) electrons. The molecule has 0 saturated heterocycles. The fourth-order valence-electron chi connectivity index (χ4n) is 3.05. The van der Waals surface area contributed by atoms with Crippen LogP contribution in [0.25, 0.3) is 11.3 Å². The Kier molecular flexibility index (Phi) is 7.09. The number of aryl methyl sites for hydroxylation is 2. The number of aromatic amines is 1. The van der Waals surface area contributed by atoms with Gasteiger partial charge in [0, 0.05) is 18.2 Å². The number of H-pyrrole nitrogens is 1. The molecule has 9 heteroatoms. The molecule has 0 aliphatic heterocycles. The van der Waals surface area contributed by atoms with Crippen LogP contribution in [0.4, 0.5) is 11.4 Å². The summed E-state index contributed by atoms with van der Waals surface area (Å²) in [4.78, 5) is 39.5. The van der Waals surface area contributed by atoms with E-state index < -0.39 is 10.8 Å². The van der Waals surface area contributed by atoms with Crippen LogP contribution in [-0.4, -0.2) is 32.2 Å². The summed E-state index contributed by atoms with van der Waals surface area (Å²) in [5, 5.41) is 13.5. The first-order valence-electron chi connectivity index (χ1n) is 10.0. The van der Waals surface area contributed by atoms with Gasteiger partial charge in [0.05, 0.1) is 10.9 Å². The second kappa shape index (κ2) is 9.78. The first kappa shape index (κ1) is 23.2. The fourth-order valence-corrected chi connectivity index (χ4v) is 3.79. The van der Waals surface area contributed by atoms with Gasteiger partial charge in [-0.25, -0.2) is 0 Å². The molecular weight excluding hydrogens is 426 g/mol. The Morgan fingerprint density at radius 3 is 2.47 bits per heavy atom. The van der Waals surface area contributed by atoms with Crippen molar-refractivity contribution in [2.75, 3.05) is 10.6 Å². The third-order valence-electron chi connectivity index (χ3n) is 4.94. The van der Waals surface area contributed by atoms with Gasteiger partial charge in [0.15, 0.2) is 10.9 Å². The molecule has 166 valence electrons. The highest BCUT2D eigenvalue weighted by atomic mass is 32.2. The standard InChI is InChI=1S/C23H25N5O3S/c1-12-9-10-19(24-16(5)29)17(11-12)20-22(31)26-23(28-27-20)32-15(4)21(30)25-18-8-6-7-13(2)14(18)3/h6-11,15H,1-5H3,(H,24,29)(H,25,30)(H,26,28,31)/t15-/m1/s1. The van der Waals surface area contributed by atoms with E-state index in [4.69, 9.17) is 0 Å². The van der Waals surface area contributed by atoms with Crippen LogP contribution in [-0.2, 0) is 9.59 Å². The number of nitrogens with one attached hydrogen (secondary N) is 3. The predicted molar refractivity (Wildman–Crippen MR) is 127 cm³/mol. The summed E-state index contributed by atoms with van der Waals surface area (Å²) in [6.07, 6.45) is 0. The number of benzene rings is 2. The lowest BCUT2D eigenvalue weighted by Crippen LogP contribution is -2.24. The lowest BCUT2D eigenvalue weighted by molar-refractivity contribution is -0.115. The van der Waals surface area contributed by atoms with Gasteiger partial charge in [-0.15, -0.1) is 10.2 Å². The largest absolute Gasteiger partial charge is 0.326 e. The molecule has 0 spiro atoms. The van der Waals surface area contributed by atoms with Crippen molar-refractivity contribution in [3.8, 4) is 11.3 Å². The van der Waals surface area contributed by atoms with E-state index in [1.54, 1.807) is 19.1 Å². The van der Waals surface area contributed by atoms with Crippen LogP contribution in [0.2, 0.25) is 0 Å². The van der Waals surface area contributed by atoms with E-state index >= 15 is 0 Å². The van der Waals surface area contributed by atoms with Gasteiger partial charge >= 0.3 is 0 Å². The Morgan fingerprint density at radius 2 is 1.78 bits per heavy atom. The van der Waals surface area contributed by atoms with E-state index in [0.717, 1.165) is 34.1 Å². The quantitative estimate of drug-likeness (QED) is 0.490. The summed E-state index contributed by atoms with van der Waals surface area (Å²) in [6, 6.07) is 11.0. The van der Waals surface area contributed by atoms with Crippen molar-refractivity contribution >= 4 is 35.0 Å². The molecule has 0 aliphatic carbocycles. The number of anilines is 2. The molecule has 8 nitrogen and oxygen atoms in total. The monoisotopic (exact) mass is 451 g/mol. The summed E-state index contributed by atoms with van der Waals surface area (Å²) in [5.41, 5.74) is 4.34. The lowest BCUT2D eigenvalue weighted by Gasteiger charge is -2.14. The van der Waals surface area contributed by atoms with Crippen LogP contribution in [0.15, 0.2) is 46.3 Å². The van der Waals surface area contributed by atoms with Crippen molar-refractivity contribution in [1.29, 1.82) is 0 Å². The Hall–Kier alpha value is -3.46. The number of aromatic nitrogens is 3. The van der Waals surface area contributed by atoms with Crippen molar-refractivity contribution in [2.45, 2.75) is 45.0 Å². The topological polar surface area (TPSA) is 117 Å². The van der Waals surface area contributed by atoms with E-state index in [9.17, 15) is 14.4 Å². The van der Waals surface area contributed by atoms with Gasteiger partial charge in [-0.05, 0) is 57.0 Å². The van der Waals surface area contributed by atoms with Gasteiger partial charge in [0.2, 0.25) is 11.8 Å². The van der Waals surface area contributed by atoms with Crippen LogP contribution in [0.1, 0.15) is 30.5 Å². The number of hydrogen-bond donors (Lipinski definition) is 3. The number of amides is 2. The van der Waals surface area contributed by atoms with Crippen molar-refractivity contribution in [2.24, 2.45) is 0 Å². The number of carbonyl (C=O) groups is 2. The maximum atomic E-state index is 12.7. The summed E-state index contributed by atoms with van der Waals surface area (Å²) < 4.78 is 0. The molecule has 0 aliphatic rings. The summed E-state index contributed by atoms with van der Waals surface area (Å²) >= 11 is 1.11. The van der Waals surface area contributed by atoms with E-state index in [-0.39, 0.29) is 22.7 Å². The number of thioether (sulfide) groups is 1. The van der Waals surface area contributed by atoms with Crippen molar-refractivity contribution in [3.63, 3.8) is 0 Å². The SMILES string of the molecule is CC(=O)Nc1ccc(C)cc1-c1nnc(S[C@H](C)C(=O)Nc2cccc(C)c2C)[nH]c1=O. The molecule has 1 heterocycles. The summed E-state index contributed by atoms with van der Waals surface area (Å²) in [5.74, 6) is -0.461. The molecule has 3 aromatic rings. The summed E-state index contributed by atoms with van der Waals surface area (Å²) in [6.45, 7) is 8.93. The van der Waals surface area contributed by atoms with Crippen LogP contribution >= 0.6 is 11.8 Å². The zero-order valence-electron chi connectivity index (χ0n) is 18.6. The summed E-state index contributed by atoms with van der Waals surface area (Å²) in [7, 11) is 0. The second-order valence-corrected chi connectivity index (χ2v) is 8.86. The highest BCUT2D eigenvalue weighted by Crippen LogP contribution is 2.27. The van der Waals surface area contributed by atoms with Crippen LogP contribution < -0.4 is 16.2 Å². The molecule has 32 heavy (non-hydrogen) atoms. The minimum Gasteiger partial charge on any atom is -0.326 e. The molecule has 0 unspecified atom stereocenters. The Labute approximate surface area is 190 Å². The molecule has 0 saturated carbocycles. The number of hydrogen-bond acceptors (Lipinski definition) is 6. The zero-order chi connectivity index (χ0) is 23.4. The number of nitrogens with zero attached hydrogens (tertiary/aromatic N) is 2. The molecule has 2 aromatic carbocycles. The first-order chi connectivity index (χ1) is 15.2. The second-order valence-electron chi connectivity index (χ2n) is 7.53. The van der Waals surface area contributed by atoms with E-state index in [2.05, 4.69) is 25.8 Å². The minimum absolute atomic E-state index is 0.0919. The average Bonchev–Trinajstić information content (AvgIpc) is 2.72. The smallest absolute Gasteiger partial charge is 0.278 e. The van der Waals surface area contributed by atoms with Crippen LogP contribution in [0.3, 0.4) is 0 Å². The minimum atomic E-state index is -0.514. The van der Waals surface area contributed by atoms with Crippen molar-refractivity contribution < 1.29 is 9.59 Å². The number of carbonyl (C=O) groups excluding carboxylic acids is 2. The molecule has 3 N–H and O–H groups in total. The molecule has 1 aromatic heterocycles. The maximum Gasteiger partial charge on any atom is 0.278 e. The maximum absolute atomic E-state index is 12.7. The average molecular weight is 452 g/mol. The third kappa shape index (κ3) is 5.42. The molecule has 1 atom stereocenters. The molecule has 0 bridgehead atoms. The molecule has 0 fully saturated rings. The van der Waals surface area contributed by atoms with Gasteiger partial charge in [0.25, 0.3) is 5.56 Å². The normalized spacial score (nSPS) is 11.7. The van der Waals surface area contributed by atoms with Crippen molar-refractivity contribution in [3.05, 3.63) is 63.4 Å². The fraction of sp³-hybridized carbons (Fsp3) is 0.261. The molecule has 2 amide bonds. The van der Waals surface area contributed by atoms with E-state index in [1.807, 2.05) is 45.0 Å². The van der Waals surface area contributed by atoms with Gasteiger partial charge in [0.1, 0.15) is 0 Å². The van der Waals surface area contributed by atoms with Crippen molar-refractivity contribution in [1.82, 2.24) is 15.2 Å².